The summed E-state index contributed by atoms with van der Waals surface area (Å²) < 4.78 is 27.2. The largest absolute Gasteiger partial charge is 0.390 e. The van der Waals surface area contributed by atoms with Gasteiger partial charge in [-0.1, -0.05) is 25.1 Å². The van der Waals surface area contributed by atoms with Crippen molar-refractivity contribution >= 4 is 21.8 Å². The molecule has 1 aromatic carbocycles. The van der Waals surface area contributed by atoms with Crippen molar-refractivity contribution in [1.82, 2.24) is 9.62 Å². The van der Waals surface area contributed by atoms with E-state index in [9.17, 15) is 23.1 Å². The van der Waals surface area contributed by atoms with Gasteiger partial charge in [0.25, 0.3) is 10.0 Å². The van der Waals surface area contributed by atoms with E-state index in [0.717, 1.165) is 4.31 Å². The SMILES string of the molecule is CC(CCC(=O)N(C1CCCNC[C@@H]1O)S(=O)(=O)c1ccccc1)C(N)=O. The molecule has 0 aromatic heterocycles. The normalized spacial score (nSPS) is 21.9. The predicted molar refractivity (Wildman–Crippen MR) is 100.0 cm³/mol. The molecule has 27 heavy (non-hydrogen) atoms. The number of aliphatic hydroxyl groups is 1. The second-order valence-corrected chi connectivity index (χ2v) is 8.65. The van der Waals surface area contributed by atoms with Crippen LogP contribution in [0.25, 0.3) is 0 Å². The molecule has 3 atom stereocenters. The van der Waals surface area contributed by atoms with E-state index >= 15 is 0 Å². The van der Waals surface area contributed by atoms with Crippen LogP contribution in [0.3, 0.4) is 0 Å². The summed E-state index contributed by atoms with van der Waals surface area (Å²) in [6.07, 6.45) is -0.0169. The van der Waals surface area contributed by atoms with E-state index in [1.54, 1.807) is 25.1 Å². The minimum atomic E-state index is -4.14. The molecule has 1 aliphatic heterocycles. The number of primary amides is 1. The lowest BCUT2D eigenvalue weighted by atomic mass is 10.0. The van der Waals surface area contributed by atoms with E-state index in [2.05, 4.69) is 5.32 Å². The van der Waals surface area contributed by atoms with Crippen LogP contribution >= 0.6 is 0 Å². The number of amides is 2. The molecule has 2 rings (SSSR count). The second kappa shape index (κ2) is 9.29. The van der Waals surface area contributed by atoms with Gasteiger partial charge in [0, 0.05) is 18.9 Å². The Bertz CT molecular complexity index is 754. The van der Waals surface area contributed by atoms with E-state index in [0.29, 0.717) is 19.4 Å². The van der Waals surface area contributed by atoms with E-state index < -0.39 is 39.9 Å². The molecule has 1 aromatic rings. The van der Waals surface area contributed by atoms with Crippen molar-refractivity contribution in [1.29, 1.82) is 0 Å². The number of nitrogens with two attached hydrogens (primary N) is 1. The Balaban J connectivity index is 2.36. The Labute approximate surface area is 159 Å². The second-order valence-electron chi connectivity index (χ2n) is 6.83. The molecule has 0 radical (unpaired) electrons. The molecule has 0 aliphatic carbocycles. The quantitative estimate of drug-likeness (QED) is 0.603. The first-order chi connectivity index (χ1) is 12.7. The van der Waals surface area contributed by atoms with E-state index in [1.165, 1.54) is 12.1 Å². The van der Waals surface area contributed by atoms with Crippen LogP contribution < -0.4 is 11.1 Å². The summed E-state index contributed by atoms with van der Waals surface area (Å²) in [4.78, 5) is 24.1. The molecular weight excluding hydrogens is 370 g/mol. The number of nitrogens with one attached hydrogen (secondary N) is 1. The molecule has 0 saturated carbocycles. The summed E-state index contributed by atoms with van der Waals surface area (Å²) in [6, 6.07) is 6.82. The van der Waals surface area contributed by atoms with Gasteiger partial charge in [-0.05, 0) is 37.9 Å². The lowest BCUT2D eigenvalue weighted by Gasteiger charge is -2.33. The van der Waals surface area contributed by atoms with Crippen molar-refractivity contribution in [3.8, 4) is 0 Å². The summed E-state index contributed by atoms with van der Waals surface area (Å²) in [7, 11) is -4.14. The van der Waals surface area contributed by atoms with Crippen LogP contribution in [0.2, 0.25) is 0 Å². The van der Waals surface area contributed by atoms with E-state index in [1.807, 2.05) is 0 Å². The number of rotatable bonds is 7. The fourth-order valence-corrected chi connectivity index (χ4v) is 4.77. The zero-order chi connectivity index (χ0) is 20.0. The van der Waals surface area contributed by atoms with Crippen LogP contribution in [0.5, 0.6) is 0 Å². The first-order valence-electron chi connectivity index (χ1n) is 9.05. The molecule has 1 saturated heterocycles. The smallest absolute Gasteiger partial charge is 0.266 e. The van der Waals surface area contributed by atoms with Crippen molar-refractivity contribution in [2.75, 3.05) is 13.1 Å². The Kier molecular flexibility index (Phi) is 7.34. The van der Waals surface area contributed by atoms with Gasteiger partial charge in [-0.15, -0.1) is 0 Å². The third-order valence-corrected chi connectivity index (χ3v) is 6.64. The minimum Gasteiger partial charge on any atom is -0.390 e. The number of benzene rings is 1. The third-order valence-electron chi connectivity index (χ3n) is 4.78. The Morgan fingerprint density at radius 1 is 1.33 bits per heavy atom. The average molecular weight is 397 g/mol. The molecule has 1 fully saturated rings. The van der Waals surface area contributed by atoms with Crippen LogP contribution in [0.4, 0.5) is 0 Å². The third kappa shape index (κ3) is 5.27. The number of hydrogen-bond acceptors (Lipinski definition) is 6. The van der Waals surface area contributed by atoms with E-state index in [-0.39, 0.29) is 24.3 Å². The Morgan fingerprint density at radius 3 is 2.63 bits per heavy atom. The summed E-state index contributed by atoms with van der Waals surface area (Å²) >= 11 is 0. The van der Waals surface area contributed by atoms with Crippen LogP contribution in [0.1, 0.15) is 32.6 Å². The maximum Gasteiger partial charge on any atom is 0.266 e. The lowest BCUT2D eigenvalue weighted by molar-refractivity contribution is -0.130. The van der Waals surface area contributed by atoms with Gasteiger partial charge in [0.05, 0.1) is 17.0 Å². The molecule has 8 nitrogen and oxygen atoms in total. The number of β-amino-alcohol motifs (C(OH)–C–C–N with tert-alkyl or cyclic N) is 1. The van der Waals surface area contributed by atoms with Gasteiger partial charge < -0.3 is 16.2 Å². The summed E-state index contributed by atoms with van der Waals surface area (Å²) in [5.74, 6) is -1.73. The maximum absolute atomic E-state index is 13.2. The molecular formula is C18H27N3O5S. The standard InChI is InChI=1S/C18H27N3O5S/c1-13(18(19)24)9-10-17(23)21(15-8-5-11-20-12-16(15)22)27(25,26)14-6-3-2-4-7-14/h2-4,6-7,13,15-16,20,22H,5,8-12H2,1H3,(H2,19,24)/t13?,15?,16-/m0/s1. The first kappa shape index (κ1) is 21.3. The predicted octanol–water partition coefficient (Wildman–Crippen LogP) is 0.218. The van der Waals surface area contributed by atoms with Gasteiger partial charge in [-0.2, -0.15) is 0 Å². The highest BCUT2D eigenvalue weighted by Crippen LogP contribution is 2.25. The van der Waals surface area contributed by atoms with Gasteiger partial charge in [0.2, 0.25) is 11.8 Å². The van der Waals surface area contributed by atoms with Crippen molar-refractivity contribution < 1.29 is 23.1 Å². The van der Waals surface area contributed by atoms with Gasteiger partial charge in [0.1, 0.15) is 0 Å². The summed E-state index contributed by atoms with van der Waals surface area (Å²) in [5, 5.41) is 13.5. The Morgan fingerprint density at radius 2 is 2.00 bits per heavy atom. The monoisotopic (exact) mass is 397 g/mol. The van der Waals surface area contributed by atoms with Gasteiger partial charge >= 0.3 is 0 Å². The highest BCUT2D eigenvalue weighted by atomic mass is 32.2. The Hall–Kier alpha value is -1.97. The molecule has 1 heterocycles. The number of sulfonamides is 1. The topological polar surface area (TPSA) is 130 Å². The first-order valence-corrected chi connectivity index (χ1v) is 10.5. The maximum atomic E-state index is 13.2. The molecule has 150 valence electrons. The van der Waals surface area contributed by atoms with Gasteiger partial charge in [0.15, 0.2) is 0 Å². The zero-order valence-electron chi connectivity index (χ0n) is 15.4. The molecule has 0 bridgehead atoms. The van der Waals surface area contributed by atoms with Crippen molar-refractivity contribution in [3.63, 3.8) is 0 Å². The fraction of sp³-hybridized carbons (Fsp3) is 0.556. The van der Waals surface area contributed by atoms with Crippen LogP contribution in [-0.4, -0.2) is 54.9 Å². The number of nitrogens with zero attached hydrogens (tertiary/aromatic N) is 1. The molecule has 2 amide bonds. The van der Waals surface area contributed by atoms with E-state index in [4.69, 9.17) is 5.73 Å². The lowest BCUT2D eigenvalue weighted by Crippen LogP contribution is -2.51. The van der Waals surface area contributed by atoms with Crippen molar-refractivity contribution in [3.05, 3.63) is 30.3 Å². The van der Waals surface area contributed by atoms with Crippen LogP contribution in [0, 0.1) is 5.92 Å². The molecule has 9 heteroatoms. The highest BCUT2D eigenvalue weighted by Gasteiger charge is 2.39. The summed E-state index contributed by atoms with van der Waals surface area (Å²) in [6.45, 7) is 2.44. The summed E-state index contributed by atoms with van der Waals surface area (Å²) in [5.41, 5.74) is 5.23. The number of carbonyl (C=O) groups excluding carboxylic acids is 2. The van der Waals surface area contributed by atoms with Crippen molar-refractivity contribution in [2.45, 2.75) is 49.6 Å². The molecule has 4 N–H and O–H groups in total. The highest BCUT2D eigenvalue weighted by molar-refractivity contribution is 7.89. The van der Waals surface area contributed by atoms with Crippen LogP contribution in [-0.2, 0) is 19.6 Å². The minimum absolute atomic E-state index is 0.00861. The number of carbonyl (C=O) groups is 2. The van der Waals surface area contributed by atoms with Crippen LogP contribution in [0.15, 0.2) is 35.2 Å². The number of aliphatic hydroxyl groups excluding tert-OH is 1. The molecule has 1 aliphatic rings. The fourth-order valence-electron chi connectivity index (χ4n) is 3.08. The number of hydrogen-bond donors (Lipinski definition) is 3. The van der Waals surface area contributed by atoms with Gasteiger partial charge in [-0.25, -0.2) is 12.7 Å². The average Bonchev–Trinajstić information content (AvgIpc) is 2.85. The molecule has 2 unspecified atom stereocenters. The zero-order valence-corrected chi connectivity index (χ0v) is 16.2. The molecule has 0 spiro atoms. The van der Waals surface area contributed by atoms with Crippen molar-refractivity contribution in [2.24, 2.45) is 11.7 Å². The van der Waals surface area contributed by atoms with Gasteiger partial charge in [-0.3, -0.25) is 9.59 Å².